The van der Waals surface area contributed by atoms with Crippen LogP contribution in [0.5, 0.6) is 5.88 Å². The van der Waals surface area contributed by atoms with Crippen molar-refractivity contribution in [3.05, 3.63) is 26.9 Å². The lowest BCUT2D eigenvalue weighted by Crippen LogP contribution is -2.37. The number of morpholine rings is 1. The first-order valence-corrected chi connectivity index (χ1v) is 7.19. The van der Waals surface area contributed by atoms with E-state index in [0.717, 1.165) is 39.3 Å². The Bertz CT molecular complexity index is 466. The molecule has 2 rings (SSSR count). The highest BCUT2D eigenvalue weighted by molar-refractivity contribution is 9.10. The van der Waals surface area contributed by atoms with Crippen LogP contribution in [0.4, 0.5) is 5.69 Å². The van der Waals surface area contributed by atoms with E-state index >= 15 is 0 Å². The van der Waals surface area contributed by atoms with Crippen molar-refractivity contribution in [2.24, 2.45) is 0 Å². The van der Waals surface area contributed by atoms with Gasteiger partial charge in [-0.25, -0.2) is 4.98 Å². The van der Waals surface area contributed by atoms with Gasteiger partial charge in [-0.05, 0) is 22.4 Å². The van der Waals surface area contributed by atoms with Crippen molar-refractivity contribution in [1.82, 2.24) is 9.88 Å². The van der Waals surface area contributed by atoms with Gasteiger partial charge < -0.3 is 9.47 Å². The highest BCUT2D eigenvalue weighted by atomic mass is 79.9. The van der Waals surface area contributed by atoms with Gasteiger partial charge in [0.15, 0.2) is 0 Å². The molecule has 0 radical (unpaired) electrons. The van der Waals surface area contributed by atoms with E-state index in [4.69, 9.17) is 9.47 Å². The number of aromatic nitrogens is 1. The summed E-state index contributed by atoms with van der Waals surface area (Å²) >= 11 is 3.16. The number of ether oxygens (including phenoxy) is 2. The number of nitro groups is 1. The standard InChI is InChI=1S/C12H16BrN3O4/c13-10-8-11(16(17)18)12(14-9-10)20-5-1-2-15-3-6-19-7-4-15/h8-9H,1-7H2. The van der Waals surface area contributed by atoms with E-state index in [2.05, 4.69) is 25.8 Å². The number of nitrogens with zero attached hydrogens (tertiary/aromatic N) is 3. The summed E-state index contributed by atoms with van der Waals surface area (Å²) in [6.45, 7) is 4.69. The van der Waals surface area contributed by atoms with E-state index < -0.39 is 4.92 Å². The Balaban J connectivity index is 1.80. The molecule has 1 aromatic rings. The Morgan fingerprint density at radius 2 is 2.25 bits per heavy atom. The molecule has 0 saturated carbocycles. The van der Waals surface area contributed by atoms with Crippen LogP contribution in [0.1, 0.15) is 6.42 Å². The third-order valence-electron chi connectivity index (χ3n) is 2.96. The Morgan fingerprint density at radius 3 is 2.95 bits per heavy atom. The minimum absolute atomic E-state index is 0.0696. The number of hydrogen-bond donors (Lipinski definition) is 0. The molecule has 0 atom stereocenters. The molecule has 8 heteroatoms. The molecule has 0 bridgehead atoms. The fourth-order valence-corrected chi connectivity index (χ4v) is 2.26. The molecular weight excluding hydrogens is 330 g/mol. The molecule has 0 unspecified atom stereocenters. The van der Waals surface area contributed by atoms with Crippen LogP contribution >= 0.6 is 15.9 Å². The van der Waals surface area contributed by atoms with Crippen molar-refractivity contribution in [2.45, 2.75) is 6.42 Å². The van der Waals surface area contributed by atoms with E-state index in [0.29, 0.717) is 11.1 Å². The summed E-state index contributed by atoms with van der Waals surface area (Å²) in [4.78, 5) is 16.6. The van der Waals surface area contributed by atoms with Gasteiger partial charge in [-0.2, -0.15) is 0 Å². The maximum Gasteiger partial charge on any atom is 0.332 e. The zero-order valence-electron chi connectivity index (χ0n) is 11.0. The summed E-state index contributed by atoms with van der Waals surface area (Å²) in [5, 5.41) is 10.9. The number of rotatable bonds is 6. The fraction of sp³-hybridized carbons (Fsp3) is 0.583. The molecule has 1 aromatic heterocycles. The Hall–Kier alpha value is -1.25. The first kappa shape index (κ1) is 15.1. The van der Waals surface area contributed by atoms with E-state index in [1.165, 1.54) is 12.3 Å². The van der Waals surface area contributed by atoms with E-state index in [1.54, 1.807) is 0 Å². The summed E-state index contributed by atoms with van der Waals surface area (Å²) in [5.41, 5.74) is -0.120. The monoisotopic (exact) mass is 345 g/mol. The number of halogens is 1. The van der Waals surface area contributed by atoms with Crippen LogP contribution in [0.25, 0.3) is 0 Å². The highest BCUT2D eigenvalue weighted by Gasteiger charge is 2.17. The first-order valence-electron chi connectivity index (χ1n) is 6.39. The summed E-state index contributed by atoms with van der Waals surface area (Å²) < 4.78 is 11.2. The molecule has 1 aliphatic rings. The lowest BCUT2D eigenvalue weighted by molar-refractivity contribution is -0.386. The van der Waals surface area contributed by atoms with Gasteiger partial charge in [0.1, 0.15) is 0 Å². The highest BCUT2D eigenvalue weighted by Crippen LogP contribution is 2.27. The lowest BCUT2D eigenvalue weighted by atomic mass is 10.3. The quantitative estimate of drug-likeness (QED) is 0.444. The average molecular weight is 346 g/mol. The zero-order valence-corrected chi connectivity index (χ0v) is 12.5. The molecule has 110 valence electrons. The van der Waals surface area contributed by atoms with Crippen LogP contribution < -0.4 is 4.74 Å². The molecule has 0 N–H and O–H groups in total. The van der Waals surface area contributed by atoms with Gasteiger partial charge in [0.25, 0.3) is 5.88 Å². The second-order valence-electron chi connectivity index (χ2n) is 4.39. The maximum atomic E-state index is 10.9. The Kier molecular flexibility index (Phi) is 5.69. The minimum atomic E-state index is -0.491. The molecule has 20 heavy (non-hydrogen) atoms. The second-order valence-corrected chi connectivity index (χ2v) is 5.31. The molecule has 1 aliphatic heterocycles. The molecule has 1 fully saturated rings. The lowest BCUT2D eigenvalue weighted by Gasteiger charge is -2.26. The largest absolute Gasteiger partial charge is 0.473 e. The summed E-state index contributed by atoms with van der Waals surface area (Å²) in [5.74, 6) is 0.0696. The molecule has 2 heterocycles. The molecular formula is C12H16BrN3O4. The summed E-state index contributed by atoms with van der Waals surface area (Å²) in [6, 6.07) is 1.39. The van der Waals surface area contributed by atoms with E-state index in [9.17, 15) is 10.1 Å². The van der Waals surface area contributed by atoms with Crippen LogP contribution in [0, 0.1) is 10.1 Å². The predicted octanol–water partition coefficient (Wildman–Crippen LogP) is 1.85. The molecule has 0 spiro atoms. The second kappa shape index (κ2) is 7.51. The fourth-order valence-electron chi connectivity index (χ4n) is 1.94. The van der Waals surface area contributed by atoms with Crippen molar-refractivity contribution < 1.29 is 14.4 Å². The van der Waals surface area contributed by atoms with Gasteiger partial charge in [0, 0.05) is 36.4 Å². The molecule has 7 nitrogen and oxygen atoms in total. The Morgan fingerprint density at radius 1 is 1.50 bits per heavy atom. The molecule has 0 aromatic carbocycles. The summed E-state index contributed by atoms with van der Waals surface area (Å²) in [6.07, 6.45) is 2.29. The van der Waals surface area contributed by atoms with Crippen LogP contribution in [0.3, 0.4) is 0 Å². The van der Waals surface area contributed by atoms with Gasteiger partial charge in [-0.3, -0.25) is 15.0 Å². The van der Waals surface area contributed by atoms with Crippen LogP contribution in [-0.2, 0) is 4.74 Å². The maximum absolute atomic E-state index is 10.9. The molecule has 0 aliphatic carbocycles. The third kappa shape index (κ3) is 4.39. The Labute approximate surface area is 125 Å². The van der Waals surface area contributed by atoms with E-state index in [1.807, 2.05) is 0 Å². The first-order chi connectivity index (χ1) is 9.66. The predicted molar refractivity (Wildman–Crippen MR) is 76.0 cm³/mol. The molecule has 1 saturated heterocycles. The van der Waals surface area contributed by atoms with Crippen LogP contribution in [-0.4, -0.2) is 54.3 Å². The van der Waals surface area contributed by atoms with Gasteiger partial charge in [-0.15, -0.1) is 0 Å². The topological polar surface area (TPSA) is 77.7 Å². The van der Waals surface area contributed by atoms with Gasteiger partial charge in [0.05, 0.1) is 24.7 Å². The average Bonchev–Trinajstić information content (AvgIpc) is 2.45. The summed E-state index contributed by atoms with van der Waals surface area (Å²) in [7, 11) is 0. The van der Waals surface area contributed by atoms with E-state index in [-0.39, 0.29) is 11.6 Å². The molecule has 0 amide bonds. The van der Waals surface area contributed by atoms with Crippen LogP contribution in [0.2, 0.25) is 0 Å². The number of pyridine rings is 1. The van der Waals surface area contributed by atoms with Gasteiger partial charge in [0.2, 0.25) is 0 Å². The van der Waals surface area contributed by atoms with Crippen molar-refractivity contribution in [1.29, 1.82) is 0 Å². The third-order valence-corrected chi connectivity index (χ3v) is 3.39. The zero-order chi connectivity index (χ0) is 14.4. The van der Waals surface area contributed by atoms with Crippen molar-refractivity contribution in [2.75, 3.05) is 39.5 Å². The minimum Gasteiger partial charge on any atom is -0.473 e. The van der Waals surface area contributed by atoms with Gasteiger partial charge in [-0.1, -0.05) is 0 Å². The SMILES string of the molecule is O=[N+]([O-])c1cc(Br)cnc1OCCCN1CCOCC1. The van der Waals surface area contributed by atoms with Crippen molar-refractivity contribution in [3.63, 3.8) is 0 Å². The van der Waals surface area contributed by atoms with Crippen molar-refractivity contribution >= 4 is 21.6 Å². The van der Waals surface area contributed by atoms with Crippen molar-refractivity contribution in [3.8, 4) is 5.88 Å². The number of hydrogen-bond acceptors (Lipinski definition) is 6. The smallest absolute Gasteiger partial charge is 0.332 e. The van der Waals surface area contributed by atoms with Gasteiger partial charge >= 0.3 is 5.69 Å². The van der Waals surface area contributed by atoms with Crippen LogP contribution in [0.15, 0.2) is 16.7 Å². The normalized spacial score (nSPS) is 16.1.